The number of nitrogens with one attached hydrogen (secondary N) is 1. The number of aliphatic carboxylic acids is 1. The van der Waals surface area contributed by atoms with E-state index in [9.17, 15) is 18.3 Å². The minimum atomic E-state index is -3.37. The zero-order valence-corrected chi connectivity index (χ0v) is 22.5. The molecule has 3 heterocycles. The molecule has 3 aliphatic rings. The Hall–Kier alpha value is -3.20. The first-order chi connectivity index (χ1) is 18.3. The molecule has 2 N–H and O–H groups in total. The first kappa shape index (κ1) is 26.4. The minimum absolute atomic E-state index is 0.00337. The Bertz CT molecular complexity index is 1340. The van der Waals surface area contributed by atoms with Crippen molar-refractivity contribution in [3.63, 3.8) is 0 Å². The van der Waals surface area contributed by atoms with Crippen molar-refractivity contribution in [3.8, 4) is 5.75 Å². The van der Waals surface area contributed by atoms with E-state index in [2.05, 4.69) is 34.5 Å². The molecule has 0 radical (unpaired) electrons. The topological polar surface area (TPSA) is 95.9 Å². The summed E-state index contributed by atoms with van der Waals surface area (Å²) in [5.41, 5.74) is 3.05. The van der Waals surface area contributed by atoms with Crippen LogP contribution in [0.5, 0.6) is 5.75 Å². The highest BCUT2D eigenvalue weighted by Gasteiger charge is 2.52. The third-order valence-electron chi connectivity index (χ3n) is 8.10. The number of carboxylic acids is 1. The Kier molecular flexibility index (Phi) is 7.56. The van der Waals surface area contributed by atoms with Crippen LogP contribution in [0.25, 0.3) is 0 Å². The third-order valence-corrected chi connectivity index (χ3v) is 9.21. The molecule has 38 heavy (non-hydrogen) atoms. The molecule has 2 bridgehead atoms. The standard InChI is InChI=1S/C30H34N2O5S/c1-37-26-14-13-24(38(2,35)36)17-23(26)19-31-28-22-15-16-32(25(18-22)30(33)34)29(28)27(20-9-5-3-6-10-20)21-11-7-4-8-12-21/h3-14,17,22,25,27-29,31H,15-16,18-19H2,1-2H3,(H,33,34)/t22-,25?,28+,29+/m1/s1. The summed E-state index contributed by atoms with van der Waals surface area (Å²) >= 11 is 0. The first-order valence-corrected chi connectivity index (χ1v) is 14.9. The number of benzene rings is 3. The molecule has 7 nitrogen and oxygen atoms in total. The highest BCUT2D eigenvalue weighted by molar-refractivity contribution is 7.90. The molecular weight excluding hydrogens is 500 g/mol. The molecule has 8 heteroatoms. The smallest absolute Gasteiger partial charge is 0.320 e. The first-order valence-electron chi connectivity index (χ1n) is 13.0. The Morgan fingerprint density at radius 2 is 1.68 bits per heavy atom. The van der Waals surface area contributed by atoms with Gasteiger partial charge < -0.3 is 15.2 Å². The van der Waals surface area contributed by atoms with Crippen LogP contribution in [0.3, 0.4) is 0 Å². The quantitative estimate of drug-likeness (QED) is 0.429. The molecular formula is C30H34N2O5S. The SMILES string of the molecule is COc1ccc(S(C)(=O)=O)cc1CN[C@H]1[C@@H]2CCN(C(C(=O)O)C2)[C@H]1C(c1ccccc1)c1ccccc1. The molecule has 3 aliphatic heterocycles. The van der Waals surface area contributed by atoms with Gasteiger partial charge in [0.2, 0.25) is 0 Å². The van der Waals surface area contributed by atoms with E-state index in [0.29, 0.717) is 18.7 Å². The van der Waals surface area contributed by atoms with E-state index >= 15 is 0 Å². The van der Waals surface area contributed by atoms with Crippen LogP contribution in [0.2, 0.25) is 0 Å². The summed E-state index contributed by atoms with van der Waals surface area (Å²) < 4.78 is 30.0. The number of nitrogens with zero attached hydrogens (tertiary/aromatic N) is 1. The molecule has 0 spiro atoms. The van der Waals surface area contributed by atoms with Gasteiger partial charge in [0.05, 0.1) is 12.0 Å². The number of ether oxygens (including phenoxy) is 1. The van der Waals surface area contributed by atoms with Gasteiger partial charge in [-0.05, 0) is 54.6 Å². The Balaban J connectivity index is 1.55. The van der Waals surface area contributed by atoms with Gasteiger partial charge in [-0.3, -0.25) is 9.69 Å². The van der Waals surface area contributed by atoms with Gasteiger partial charge in [-0.1, -0.05) is 60.7 Å². The van der Waals surface area contributed by atoms with Crippen molar-refractivity contribution in [3.05, 3.63) is 95.6 Å². The number of hydrogen-bond donors (Lipinski definition) is 2. The number of methoxy groups -OCH3 is 1. The Labute approximate surface area is 224 Å². The lowest BCUT2D eigenvalue weighted by Crippen LogP contribution is -2.69. The number of fused-ring (bicyclic) bond motifs is 3. The van der Waals surface area contributed by atoms with E-state index < -0.39 is 21.8 Å². The summed E-state index contributed by atoms with van der Waals surface area (Å²) in [5, 5.41) is 13.9. The number of rotatable bonds is 9. The number of hydrogen-bond acceptors (Lipinski definition) is 6. The monoisotopic (exact) mass is 534 g/mol. The molecule has 3 fully saturated rings. The maximum Gasteiger partial charge on any atom is 0.320 e. The molecule has 0 aliphatic carbocycles. The van der Waals surface area contributed by atoms with Crippen LogP contribution in [0, 0.1) is 5.92 Å². The zero-order chi connectivity index (χ0) is 26.9. The van der Waals surface area contributed by atoms with Gasteiger partial charge in [0.25, 0.3) is 0 Å². The van der Waals surface area contributed by atoms with E-state index in [-0.39, 0.29) is 28.8 Å². The molecule has 0 saturated carbocycles. The Morgan fingerprint density at radius 1 is 1.05 bits per heavy atom. The second-order valence-corrected chi connectivity index (χ2v) is 12.3. The van der Waals surface area contributed by atoms with Crippen molar-refractivity contribution >= 4 is 15.8 Å². The van der Waals surface area contributed by atoms with Crippen molar-refractivity contribution in [2.45, 2.75) is 48.3 Å². The maximum absolute atomic E-state index is 12.4. The lowest BCUT2D eigenvalue weighted by atomic mass is 9.68. The third kappa shape index (κ3) is 5.21. The predicted molar refractivity (Wildman–Crippen MR) is 146 cm³/mol. The normalized spacial score (nSPS) is 24.9. The van der Waals surface area contributed by atoms with Crippen molar-refractivity contribution in [1.82, 2.24) is 10.2 Å². The molecule has 3 saturated heterocycles. The summed E-state index contributed by atoms with van der Waals surface area (Å²) in [6, 6.07) is 24.9. The van der Waals surface area contributed by atoms with Crippen LogP contribution in [-0.4, -0.2) is 62.4 Å². The molecule has 0 amide bonds. The van der Waals surface area contributed by atoms with Gasteiger partial charge in [-0.2, -0.15) is 0 Å². The van der Waals surface area contributed by atoms with Gasteiger partial charge in [-0.25, -0.2) is 8.42 Å². The van der Waals surface area contributed by atoms with Gasteiger partial charge in [-0.15, -0.1) is 0 Å². The lowest BCUT2D eigenvalue weighted by Gasteiger charge is -2.56. The molecule has 5 atom stereocenters. The summed E-state index contributed by atoms with van der Waals surface area (Å²) in [7, 11) is -1.79. The predicted octanol–water partition coefficient (Wildman–Crippen LogP) is 3.94. The summed E-state index contributed by atoms with van der Waals surface area (Å²) in [6.07, 6.45) is 2.70. The van der Waals surface area contributed by atoms with Crippen molar-refractivity contribution < 1.29 is 23.1 Å². The minimum Gasteiger partial charge on any atom is -0.496 e. The average Bonchev–Trinajstić information content (AvgIpc) is 2.93. The number of piperidine rings is 3. The fourth-order valence-corrected chi connectivity index (χ4v) is 7.04. The highest BCUT2D eigenvalue weighted by atomic mass is 32.2. The Morgan fingerprint density at radius 3 is 2.24 bits per heavy atom. The fourth-order valence-electron chi connectivity index (χ4n) is 6.37. The molecule has 2 unspecified atom stereocenters. The number of sulfone groups is 1. The van der Waals surface area contributed by atoms with Crippen LogP contribution in [-0.2, 0) is 21.2 Å². The molecule has 3 aromatic carbocycles. The van der Waals surface area contributed by atoms with E-state index in [1.54, 1.807) is 25.3 Å². The van der Waals surface area contributed by atoms with Gasteiger partial charge in [0.15, 0.2) is 9.84 Å². The van der Waals surface area contributed by atoms with E-state index in [1.807, 2.05) is 36.4 Å². The van der Waals surface area contributed by atoms with E-state index in [0.717, 1.165) is 29.7 Å². The second-order valence-electron chi connectivity index (χ2n) is 10.3. The molecule has 0 aromatic heterocycles. The lowest BCUT2D eigenvalue weighted by molar-refractivity contribution is -0.152. The second kappa shape index (κ2) is 10.9. The van der Waals surface area contributed by atoms with Gasteiger partial charge in [0, 0.05) is 36.4 Å². The van der Waals surface area contributed by atoms with Crippen LogP contribution < -0.4 is 10.1 Å². The van der Waals surface area contributed by atoms with Crippen molar-refractivity contribution in [2.75, 3.05) is 19.9 Å². The van der Waals surface area contributed by atoms with E-state index in [1.165, 1.54) is 6.26 Å². The average molecular weight is 535 g/mol. The van der Waals surface area contributed by atoms with E-state index in [4.69, 9.17) is 4.74 Å². The molecule has 200 valence electrons. The van der Waals surface area contributed by atoms with Crippen molar-refractivity contribution in [2.24, 2.45) is 5.92 Å². The molecule has 6 rings (SSSR count). The van der Waals surface area contributed by atoms with Crippen LogP contribution in [0.1, 0.15) is 35.4 Å². The largest absolute Gasteiger partial charge is 0.496 e. The summed E-state index contributed by atoms with van der Waals surface area (Å²) in [6.45, 7) is 1.14. The fraction of sp³-hybridized carbons (Fsp3) is 0.367. The maximum atomic E-state index is 12.4. The van der Waals surface area contributed by atoms with Crippen molar-refractivity contribution in [1.29, 1.82) is 0 Å². The van der Waals surface area contributed by atoms with Crippen LogP contribution in [0.4, 0.5) is 0 Å². The summed E-state index contributed by atoms with van der Waals surface area (Å²) in [4.78, 5) is 14.8. The van der Waals surface area contributed by atoms with Gasteiger partial charge in [0.1, 0.15) is 11.8 Å². The number of carboxylic acid groups (broad SMARTS) is 1. The zero-order valence-electron chi connectivity index (χ0n) is 21.7. The molecule has 3 aromatic rings. The van der Waals surface area contributed by atoms with Gasteiger partial charge >= 0.3 is 5.97 Å². The summed E-state index contributed by atoms with van der Waals surface area (Å²) in [5.74, 6) is -0.0245. The van der Waals surface area contributed by atoms with Crippen LogP contribution in [0.15, 0.2) is 83.8 Å². The highest BCUT2D eigenvalue weighted by Crippen LogP contribution is 2.44. The number of carbonyl (C=O) groups is 1. The van der Waals surface area contributed by atoms with Crippen LogP contribution >= 0.6 is 0 Å².